The maximum atomic E-state index is 11.9. The summed E-state index contributed by atoms with van der Waals surface area (Å²) in [6, 6.07) is 7.95. The molecule has 0 atom stereocenters. The summed E-state index contributed by atoms with van der Waals surface area (Å²) < 4.78 is 11.2. The fourth-order valence-corrected chi connectivity index (χ4v) is 2.31. The summed E-state index contributed by atoms with van der Waals surface area (Å²) in [4.78, 5) is 16.4. The van der Waals surface area contributed by atoms with E-state index in [2.05, 4.69) is 15.6 Å². The van der Waals surface area contributed by atoms with Gasteiger partial charge in [0.1, 0.15) is 17.9 Å². The Hall–Kier alpha value is -2.24. The zero-order valence-electron chi connectivity index (χ0n) is 16.3. The van der Waals surface area contributed by atoms with E-state index in [0.29, 0.717) is 25.0 Å². The summed E-state index contributed by atoms with van der Waals surface area (Å²) in [6.45, 7) is 9.57. The lowest BCUT2D eigenvalue weighted by molar-refractivity contribution is -0.153. The largest absolute Gasteiger partial charge is 0.493 e. The number of hydrogen-bond donors (Lipinski definition) is 2. The maximum Gasteiger partial charge on any atom is 0.325 e. The lowest BCUT2D eigenvalue weighted by Gasteiger charge is -2.20. The normalized spacial score (nSPS) is 14.7. The highest BCUT2D eigenvalue weighted by Gasteiger charge is 2.22. The molecule has 6 nitrogen and oxygen atoms in total. The molecule has 1 aliphatic carbocycles. The van der Waals surface area contributed by atoms with Crippen molar-refractivity contribution in [1.29, 1.82) is 0 Å². The Bertz CT molecular complexity index is 619. The Morgan fingerprint density at radius 3 is 2.62 bits per heavy atom. The average molecular weight is 361 g/mol. The number of aliphatic imine (C=N–C) groups is 1. The molecule has 0 amide bonds. The van der Waals surface area contributed by atoms with Gasteiger partial charge in [0, 0.05) is 12.1 Å². The number of hydrogen-bond acceptors (Lipinski definition) is 4. The van der Waals surface area contributed by atoms with Crippen LogP contribution >= 0.6 is 0 Å². The molecule has 0 bridgehead atoms. The van der Waals surface area contributed by atoms with Crippen molar-refractivity contribution < 1.29 is 14.3 Å². The molecule has 0 aromatic heterocycles. The fraction of sp³-hybridized carbons (Fsp3) is 0.600. The van der Waals surface area contributed by atoms with Gasteiger partial charge in [0.05, 0.1) is 13.2 Å². The standard InChI is InChI=1S/C20H31N3O3/c1-5-21-19(23-13-18(24)26-20(2,3)4)22-12-16-8-6-7-9-17(16)25-14-15-10-11-15/h6-9,15H,5,10-14H2,1-4H3,(H2,21,22,23). The number of benzene rings is 1. The number of nitrogens with zero attached hydrogens (tertiary/aromatic N) is 1. The van der Waals surface area contributed by atoms with Crippen molar-refractivity contribution in [2.75, 3.05) is 19.7 Å². The molecule has 1 fully saturated rings. The van der Waals surface area contributed by atoms with Gasteiger partial charge >= 0.3 is 5.97 Å². The first-order valence-corrected chi connectivity index (χ1v) is 9.32. The van der Waals surface area contributed by atoms with E-state index >= 15 is 0 Å². The van der Waals surface area contributed by atoms with Crippen LogP contribution in [0, 0.1) is 5.92 Å². The minimum Gasteiger partial charge on any atom is -0.493 e. The van der Waals surface area contributed by atoms with Gasteiger partial charge < -0.3 is 20.1 Å². The van der Waals surface area contributed by atoms with Crippen LogP contribution in [0.5, 0.6) is 5.75 Å². The third-order valence-corrected chi connectivity index (χ3v) is 3.72. The number of carbonyl (C=O) groups excluding carboxylic acids is 1. The first-order chi connectivity index (χ1) is 12.4. The van der Waals surface area contributed by atoms with E-state index in [0.717, 1.165) is 17.9 Å². The van der Waals surface area contributed by atoms with E-state index in [1.807, 2.05) is 52.0 Å². The van der Waals surface area contributed by atoms with Crippen molar-refractivity contribution >= 4 is 11.9 Å². The minimum absolute atomic E-state index is 0.0724. The van der Waals surface area contributed by atoms with Crippen LogP contribution in [-0.4, -0.2) is 37.2 Å². The van der Waals surface area contributed by atoms with Crippen LogP contribution in [0.1, 0.15) is 46.1 Å². The minimum atomic E-state index is -0.494. The Labute approximate surface area is 156 Å². The molecule has 0 aliphatic heterocycles. The van der Waals surface area contributed by atoms with Crippen molar-refractivity contribution in [3.63, 3.8) is 0 Å². The zero-order chi connectivity index (χ0) is 19.0. The lowest BCUT2D eigenvalue weighted by Crippen LogP contribution is -2.41. The Kier molecular flexibility index (Phi) is 7.30. The predicted octanol–water partition coefficient (Wildman–Crippen LogP) is 2.87. The summed E-state index contributed by atoms with van der Waals surface area (Å²) in [5.74, 6) is 1.86. The van der Waals surface area contributed by atoms with Crippen LogP contribution in [-0.2, 0) is 16.1 Å². The van der Waals surface area contributed by atoms with Crippen molar-refractivity contribution in [1.82, 2.24) is 10.6 Å². The second kappa shape index (κ2) is 9.46. The van der Waals surface area contributed by atoms with E-state index in [1.54, 1.807) is 0 Å². The lowest BCUT2D eigenvalue weighted by atomic mass is 10.2. The van der Waals surface area contributed by atoms with Crippen LogP contribution in [0.2, 0.25) is 0 Å². The van der Waals surface area contributed by atoms with E-state index in [1.165, 1.54) is 12.8 Å². The van der Waals surface area contributed by atoms with Crippen molar-refractivity contribution in [3.8, 4) is 5.75 Å². The van der Waals surface area contributed by atoms with Crippen molar-refractivity contribution in [2.24, 2.45) is 10.9 Å². The van der Waals surface area contributed by atoms with Gasteiger partial charge in [-0.05, 0) is 52.5 Å². The number of esters is 1. The van der Waals surface area contributed by atoms with Gasteiger partial charge in [-0.1, -0.05) is 18.2 Å². The molecular formula is C20H31N3O3. The van der Waals surface area contributed by atoms with E-state index in [9.17, 15) is 4.79 Å². The van der Waals surface area contributed by atoms with Crippen LogP contribution in [0.4, 0.5) is 0 Å². The molecule has 0 heterocycles. The Morgan fingerprint density at radius 2 is 1.96 bits per heavy atom. The topological polar surface area (TPSA) is 72.0 Å². The molecule has 2 N–H and O–H groups in total. The van der Waals surface area contributed by atoms with Gasteiger partial charge in [0.2, 0.25) is 0 Å². The summed E-state index contributed by atoms with van der Waals surface area (Å²) in [5.41, 5.74) is 0.536. The summed E-state index contributed by atoms with van der Waals surface area (Å²) in [5, 5.41) is 6.16. The van der Waals surface area contributed by atoms with Gasteiger partial charge in [0.25, 0.3) is 0 Å². The molecular weight excluding hydrogens is 330 g/mol. The van der Waals surface area contributed by atoms with Crippen LogP contribution in [0.3, 0.4) is 0 Å². The maximum absolute atomic E-state index is 11.9. The first kappa shape index (κ1) is 20.1. The third kappa shape index (κ3) is 7.76. The van der Waals surface area contributed by atoms with E-state index < -0.39 is 5.60 Å². The number of carbonyl (C=O) groups is 1. The van der Waals surface area contributed by atoms with Crippen LogP contribution in [0.25, 0.3) is 0 Å². The molecule has 2 rings (SSSR count). The Morgan fingerprint density at radius 1 is 1.23 bits per heavy atom. The first-order valence-electron chi connectivity index (χ1n) is 9.32. The summed E-state index contributed by atoms with van der Waals surface area (Å²) in [7, 11) is 0. The highest BCUT2D eigenvalue weighted by atomic mass is 16.6. The average Bonchev–Trinajstić information content (AvgIpc) is 3.39. The molecule has 1 aromatic rings. The van der Waals surface area contributed by atoms with Crippen molar-refractivity contribution in [3.05, 3.63) is 29.8 Å². The quantitative estimate of drug-likeness (QED) is 0.423. The number of para-hydroxylation sites is 1. The molecule has 0 saturated heterocycles. The second-order valence-electron chi connectivity index (χ2n) is 7.50. The monoisotopic (exact) mass is 361 g/mol. The fourth-order valence-electron chi connectivity index (χ4n) is 2.31. The SMILES string of the molecule is CCNC(=NCc1ccccc1OCC1CC1)NCC(=O)OC(C)(C)C. The molecule has 0 spiro atoms. The summed E-state index contributed by atoms with van der Waals surface area (Å²) >= 11 is 0. The number of guanidine groups is 1. The Balaban J connectivity index is 1.92. The van der Waals surface area contributed by atoms with Gasteiger partial charge in [-0.2, -0.15) is 0 Å². The van der Waals surface area contributed by atoms with Gasteiger partial charge in [-0.3, -0.25) is 4.79 Å². The van der Waals surface area contributed by atoms with Gasteiger partial charge in [-0.25, -0.2) is 4.99 Å². The number of ether oxygens (including phenoxy) is 2. The molecule has 6 heteroatoms. The zero-order valence-corrected chi connectivity index (χ0v) is 16.3. The molecule has 1 saturated carbocycles. The van der Waals surface area contributed by atoms with Crippen LogP contribution < -0.4 is 15.4 Å². The third-order valence-electron chi connectivity index (χ3n) is 3.72. The molecule has 26 heavy (non-hydrogen) atoms. The van der Waals surface area contributed by atoms with E-state index in [-0.39, 0.29) is 12.5 Å². The molecule has 144 valence electrons. The van der Waals surface area contributed by atoms with Gasteiger partial charge in [-0.15, -0.1) is 0 Å². The molecule has 0 unspecified atom stereocenters. The smallest absolute Gasteiger partial charge is 0.325 e. The highest BCUT2D eigenvalue weighted by Crippen LogP contribution is 2.30. The molecule has 1 aliphatic rings. The molecule has 0 radical (unpaired) electrons. The van der Waals surface area contributed by atoms with Crippen molar-refractivity contribution in [2.45, 2.75) is 52.7 Å². The predicted molar refractivity (Wildman–Crippen MR) is 103 cm³/mol. The number of rotatable bonds is 8. The highest BCUT2D eigenvalue weighted by molar-refractivity contribution is 5.84. The number of nitrogens with one attached hydrogen (secondary N) is 2. The molecule has 1 aromatic carbocycles. The van der Waals surface area contributed by atoms with Gasteiger partial charge in [0.15, 0.2) is 5.96 Å². The van der Waals surface area contributed by atoms with Crippen LogP contribution in [0.15, 0.2) is 29.3 Å². The van der Waals surface area contributed by atoms with E-state index in [4.69, 9.17) is 9.47 Å². The summed E-state index contributed by atoms with van der Waals surface area (Å²) in [6.07, 6.45) is 2.53. The second-order valence-corrected chi connectivity index (χ2v) is 7.50.